The highest BCUT2D eigenvalue weighted by Gasteiger charge is 2.45. The van der Waals surface area contributed by atoms with E-state index in [1.807, 2.05) is 9.34 Å². The highest BCUT2D eigenvalue weighted by atomic mass is 35.5. The third-order valence-corrected chi connectivity index (χ3v) is 5.22. The van der Waals surface area contributed by atoms with Crippen molar-refractivity contribution in [3.8, 4) is 0 Å². The van der Waals surface area contributed by atoms with Crippen molar-refractivity contribution < 1.29 is 9.09 Å². The lowest BCUT2D eigenvalue weighted by molar-refractivity contribution is 0.192. The summed E-state index contributed by atoms with van der Waals surface area (Å²) >= 11 is 5.65. The lowest BCUT2D eigenvalue weighted by Gasteiger charge is -2.34. The summed E-state index contributed by atoms with van der Waals surface area (Å²) in [5.41, 5.74) is 0. The van der Waals surface area contributed by atoms with Gasteiger partial charge in [0.2, 0.25) is 0 Å². The van der Waals surface area contributed by atoms with Crippen molar-refractivity contribution in [1.82, 2.24) is 9.34 Å². The minimum atomic E-state index is -2.62. The molecule has 0 bridgehead atoms. The molecule has 76 valence electrons. The van der Waals surface area contributed by atoms with E-state index in [0.29, 0.717) is 19.0 Å². The summed E-state index contributed by atoms with van der Waals surface area (Å²) < 4.78 is 21.5. The Morgan fingerprint density at radius 3 is 2.77 bits per heavy atom. The van der Waals surface area contributed by atoms with E-state index in [4.69, 9.17) is 16.1 Å². The van der Waals surface area contributed by atoms with Crippen LogP contribution in [0.5, 0.6) is 0 Å². The van der Waals surface area contributed by atoms with Gasteiger partial charge in [-0.2, -0.15) is 0 Å². The molecule has 0 N–H and O–H groups in total. The average molecular weight is 225 g/mol. The first-order valence-corrected chi connectivity index (χ1v) is 6.65. The molecular formula is C7H14ClN2O2P. The van der Waals surface area contributed by atoms with Gasteiger partial charge in [-0.3, -0.25) is 4.57 Å². The van der Waals surface area contributed by atoms with Crippen molar-refractivity contribution in [2.45, 2.75) is 6.42 Å². The molecule has 2 fully saturated rings. The fourth-order valence-electron chi connectivity index (χ4n) is 1.53. The van der Waals surface area contributed by atoms with E-state index in [2.05, 4.69) is 0 Å². The Kier molecular flexibility index (Phi) is 2.96. The lowest BCUT2D eigenvalue weighted by Crippen LogP contribution is -2.32. The van der Waals surface area contributed by atoms with Gasteiger partial charge in [0.05, 0.1) is 6.61 Å². The first-order chi connectivity index (χ1) is 6.27. The Balaban J connectivity index is 2.07. The molecule has 1 unspecified atom stereocenters. The second-order valence-corrected chi connectivity index (χ2v) is 6.02. The third-order valence-electron chi connectivity index (χ3n) is 2.30. The van der Waals surface area contributed by atoms with Gasteiger partial charge in [0.15, 0.2) is 0 Å². The van der Waals surface area contributed by atoms with Crippen molar-refractivity contribution in [3.05, 3.63) is 0 Å². The molecule has 6 heteroatoms. The number of nitrogens with zero attached hydrogens (tertiary/aromatic N) is 2. The van der Waals surface area contributed by atoms with Gasteiger partial charge in [0, 0.05) is 32.1 Å². The van der Waals surface area contributed by atoms with E-state index < -0.39 is 7.67 Å². The maximum absolute atomic E-state index is 12.3. The molecule has 0 radical (unpaired) electrons. The van der Waals surface area contributed by atoms with Crippen molar-refractivity contribution >= 4 is 19.3 Å². The lowest BCUT2D eigenvalue weighted by atomic mass is 10.4. The number of alkyl halides is 1. The topological polar surface area (TPSA) is 32.5 Å². The largest absolute Gasteiger partial charge is 0.346 e. The fourth-order valence-corrected chi connectivity index (χ4v) is 4.25. The predicted molar refractivity (Wildman–Crippen MR) is 52.0 cm³/mol. The predicted octanol–water partition coefficient (Wildman–Crippen LogP) is 1.37. The van der Waals surface area contributed by atoms with Crippen LogP contribution in [0, 0.1) is 0 Å². The van der Waals surface area contributed by atoms with Gasteiger partial charge in [-0.1, -0.05) is 0 Å². The van der Waals surface area contributed by atoms with E-state index in [1.165, 1.54) is 0 Å². The highest BCUT2D eigenvalue weighted by Crippen LogP contribution is 2.59. The Morgan fingerprint density at radius 2 is 2.15 bits per heavy atom. The van der Waals surface area contributed by atoms with Crippen molar-refractivity contribution in [2.24, 2.45) is 0 Å². The van der Waals surface area contributed by atoms with Crippen LogP contribution in [0.3, 0.4) is 0 Å². The maximum Gasteiger partial charge on any atom is 0.346 e. The van der Waals surface area contributed by atoms with E-state index in [0.717, 1.165) is 26.1 Å². The van der Waals surface area contributed by atoms with Crippen molar-refractivity contribution in [3.63, 3.8) is 0 Å². The van der Waals surface area contributed by atoms with Crippen LogP contribution in [0.15, 0.2) is 0 Å². The number of hydrogen-bond acceptors (Lipinski definition) is 2. The summed E-state index contributed by atoms with van der Waals surface area (Å²) in [4.78, 5) is 0. The smallest absolute Gasteiger partial charge is 0.306 e. The first-order valence-electron chi connectivity index (χ1n) is 4.59. The van der Waals surface area contributed by atoms with E-state index in [1.54, 1.807) is 0 Å². The zero-order chi connectivity index (χ0) is 9.31. The molecule has 0 aromatic rings. The molecule has 0 amide bonds. The standard InChI is InChI=1S/C7H14ClN2O2P/c8-2-4-9-3-1-7-12-13(9,11)10-5-6-10/h1-7H2. The molecule has 2 rings (SSSR count). The Hall–Kier alpha value is 0.400. The minimum absolute atomic E-state index is 0.515. The maximum atomic E-state index is 12.3. The number of rotatable bonds is 3. The van der Waals surface area contributed by atoms with Gasteiger partial charge < -0.3 is 4.52 Å². The molecule has 2 aliphatic heterocycles. The molecule has 2 aliphatic rings. The molecule has 2 saturated heterocycles. The van der Waals surface area contributed by atoms with Gasteiger partial charge in [0.1, 0.15) is 0 Å². The second-order valence-electron chi connectivity index (χ2n) is 3.27. The van der Waals surface area contributed by atoms with Crippen LogP contribution in [0.4, 0.5) is 0 Å². The fraction of sp³-hybridized carbons (Fsp3) is 1.00. The van der Waals surface area contributed by atoms with Crippen LogP contribution in [-0.4, -0.2) is 48.0 Å². The average Bonchev–Trinajstić information content (AvgIpc) is 2.92. The Morgan fingerprint density at radius 1 is 1.38 bits per heavy atom. The van der Waals surface area contributed by atoms with Gasteiger partial charge in [-0.25, -0.2) is 9.34 Å². The van der Waals surface area contributed by atoms with Crippen LogP contribution < -0.4 is 0 Å². The molecule has 0 aliphatic carbocycles. The molecule has 0 aromatic heterocycles. The van der Waals surface area contributed by atoms with E-state index in [9.17, 15) is 4.57 Å². The summed E-state index contributed by atoms with van der Waals surface area (Å²) in [7, 11) is -2.62. The van der Waals surface area contributed by atoms with Gasteiger partial charge in [-0.15, -0.1) is 11.6 Å². The molecule has 0 aromatic carbocycles. The monoisotopic (exact) mass is 224 g/mol. The summed E-state index contributed by atoms with van der Waals surface area (Å²) in [6, 6.07) is 0. The zero-order valence-electron chi connectivity index (χ0n) is 7.49. The van der Waals surface area contributed by atoms with Crippen LogP contribution in [-0.2, 0) is 9.09 Å². The van der Waals surface area contributed by atoms with Gasteiger partial charge in [-0.05, 0) is 6.42 Å². The third kappa shape index (κ3) is 1.92. The summed E-state index contributed by atoms with van der Waals surface area (Å²) in [5, 5.41) is 0. The molecule has 0 saturated carbocycles. The highest BCUT2D eigenvalue weighted by molar-refractivity contribution is 7.54. The second kappa shape index (κ2) is 3.87. The van der Waals surface area contributed by atoms with Crippen LogP contribution >= 0.6 is 19.3 Å². The quantitative estimate of drug-likeness (QED) is 0.412. The van der Waals surface area contributed by atoms with E-state index >= 15 is 0 Å². The van der Waals surface area contributed by atoms with Crippen LogP contribution in [0.1, 0.15) is 6.42 Å². The van der Waals surface area contributed by atoms with Crippen LogP contribution in [0.2, 0.25) is 0 Å². The summed E-state index contributed by atoms with van der Waals surface area (Å²) in [6.07, 6.45) is 0.953. The van der Waals surface area contributed by atoms with Gasteiger partial charge in [0.25, 0.3) is 0 Å². The van der Waals surface area contributed by atoms with Gasteiger partial charge >= 0.3 is 7.67 Å². The molecule has 0 spiro atoms. The van der Waals surface area contributed by atoms with Crippen molar-refractivity contribution in [1.29, 1.82) is 0 Å². The normalized spacial score (nSPS) is 36.4. The molecular weight excluding hydrogens is 211 g/mol. The Labute approximate surface area is 83.3 Å². The molecule has 1 atom stereocenters. The first kappa shape index (κ1) is 9.94. The zero-order valence-corrected chi connectivity index (χ0v) is 9.14. The Bertz CT molecular complexity index is 233. The number of hydrogen-bond donors (Lipinski definition) is 0. The van der Waals surface area contributed by atoms with E-state index in [-0.39, 0.29) is 0 Å². The SMILES string of the molecule is O=P1(N2CC2)OCCCN1CCCl. The summed E-state index contributed by atoms with van der Waals surface area (Å²) in [6.45, 7) is 3.93. The molecule has 2 heterocycles. The number of halogens is 1. The summed E-state index contributed by atoms with van der Waals surface area (Å²) in [5.74, 6) is 0.515. The van der Waals surface area contributed by atoms with Crippen LogP contribution in [0.25, 0.3) is 0 Å². The van der Waals surface area contributed by atoms with Crippen molar-refractivity contribution in [2.75, 3.05) is 38.7 Å². The molecule has 4 nitrogen and oxygen atoms in total. The molecule has 13 heavy (non-hydrogen) atoms. The minimum Gasteiger partial charge on any atom is -0.306 e.